The Hall–Kier alpha value is -1.53. The van der Waals surface area contributed by atoms with E-state index in [1.807, 2.05) is 18.2 Å². The Morgan fingerprint density at radius 1 is 1.33 bits per heavy atom. The van der Waals surface area contributed by atoms with E-state index in [4.69, 9.17) is 0 Å². The van der Waals surface area contributed by atoms with E-state index < -0.39 is 10.8 Å². The SMILES string of the molecule is CN(C(=O)c1ccccc1)c1ncc(S(C)=O)s1. The molecule has 0 aliphatic rings. The summed E-state index contributed by atoms with van der Waals surface area (Å²) in [5.74, 6) is -0.126. The Balaban J connectivity index is 2.23. The van der Waals surface area contributed by atoms with Crippen molar-refractivity contribution >= 4 is 33.2 Å². The number of amides is 1. The number of carbonyl (C=O) groups excluding carboxylic acids is 1. The molecule has 1 unspecified atom stereocenters. The molecule has 1 aromatic carbocycles. The summed E-state index contributed by atoms with van der Waals surface area (Å²) in [6.45, 7) is 0. The molecule has 2 rings (SSSR count). The molecule has 0 saturated heterocycles. The molecule has 1 heterocycles. The first-order chi connectivity index (χ1) is 8.59. The maximum absolute atomic E-state index is 12.1. The smallest absolute Gasteiger partial charge is 0.259 e. The predicted octanol–water partition coefficient (Wildman–Crippen LogP) is 2.16. The standard InChI is InChI=1S/C12H12N2O2S2/c1-14(11(15)9-6-4-3-5-7-9)12-13-8-10(17-12)18(2)16/h3-8H,1-2H3. The maximum Gasteiger partial charge on any atom is 0.259 e. The first-order valence-electron chi connectivity index (χ1n) is 5.22. The lowest BCUT2D eigenvalue weighted by Gasteiger charge is -2.13. The third-order valence-corrected chi connectivity index (χ3v) is 4.86. The molecular weight excluding hydrogens is 268 g/mol. The number of hydrogen-bond acceptors (Lipinski definition) is 4. The van der Waals surface area contributed by atoms with E-state index in [0.717, 1.165) is 0 Å². The van der Waals surface area contributed by atoms with Gasteiger partial charge in [0.25, 0.3) is 5.91 Å². The number of anilines is 1. The van der Waals surface area contributed by atoms with Crippen molar-refractivity contribution in [1.82, 2.24) is 4.98 Å². The van der Waals surface area contributed by atoms with Gasteiger partial charge in [-0.1, -0.05) is 29.5 Å². The van der Waals surface area contributed by atoms with Crippen LogP contribution >= 0.6 is 11.3 Å². The molecule has 4 nitrogen and oxygen atoms in total. The summed E-state index contributed by atoms with van der Waals surface area (Å²) in [6.07, 6.45) is 3.14. The molecule has 94 valence electrons. The predicted molar refractivity (Wildman–Crippen MR) is 73.6 cm³/mol. The van der Waals surface area contributed by atoms with Crippen LogP contribution in [0.3, 0.4) is 0 Å². The quantitative estimate of drug-likeness (QED) is 0.865. The van der Waals surface area contributed by atoms with E-state index in [1.54, 1.807) is 31.6 Å². The van der Waals surface area contributed by atoms with Gasteiger partial charge in [0, 0.05) is 18.9 Å². The van der Waals surface area contributed by atoms with Crippen molar-refractivity contribution in [3.63, 3.8) is 0 Å². The van der Waals surface area contributed by atoms with Crippen LogP contribution in [0.2, 0.25) is 0 Å². The molecule has 2 aromatic rings. The van der Waals surface area contributed by atoms with Gasteiger partial charge in [0.1, 0.15) is 4.21 Å². The van der Waals surface area contributed by atoms with Gasteiger partial charge in [-0.05, 0) is 12.1 Å². The van der Waals surface area contributed by atoms with Crippen LogP contribution in [-0.4, -0.2) is 28.4 Å². The highest BCUT2D eigenvalue weighted by Gasteiger charge is 2.16. The van der Waals surface area contributed by atoms with Crippen molar-refractivity contribution in [2.24, 2.45) is 0 Å². The number of rotatable bonds is 3. The largest absolute Gasteiger partial charge is 0.287 e. The van der Waals surface area contributed by atoms with Gasteiger partial charge >= 0.3 is 0 Å². The number of thiazole rings is 1. The van der Waals surface area contributed by atoms with Crippen molar-refractivity contribution in [1.29, 1.82) is 0 Å². The molecular formula is C12H12N2O2S2. The normalized spacial score (nSPS) is 12.1. The van der Waals surface area contributed by atoms with Gasteiger partial charge in [-0.2, -0.15) is 0 Å². The average molecular weight is 280 g/mol. The van der Waals surface area contributed by atoms with E-state index in [9.17, 15) is 9.00 Å². The van der Waals surface area contributed by atoms with Crippen molar-refractivity contribution in [2.75, 3.05) is 18.2 Å². The Kier molecular flexibility index (Phi) is 3.88. The van der Waals surface area contributed by atoms with Gasteiger partial charge in [0.15, 0.2) is 5.13 Å². The minimum absolute atomic E-state index is 0.126. The zero-order valence-electron chi connectivity index (χ0n) is 9.99. The highest BCUT2D eigenvalue weighted by Crippen LogP contribution is 2.24. The fourth-order valence-electron chi connectivity index (χ4n) is 1.40. The second-order valence-electron chi connectivity index (χ2n) is 3.65. The highest BCUT2D eigenvalue weighted by atomic mass is 32.2. The van der Waals surface area contributed by atoms with Crippen LogP contribution in [-0.2, 0) is 10.8 Å². The average Bonchev–Trinajstić information content (AvgIpc) is 2.88. The molecule has 18 heavy (non-hydrogen) atoms. The van der Waals surface area contributed by atoms with Gasteiger partial charge in [0.05, 0.1) is 17.0 Å². The molecule has 0 fully saturated rings. The molecule has 0 bridgehead atoms. The molecule has 0 spiro atoms. The number of aromatic nitrogens is 1. The minimum Gasteiger partial charge on any atom is -0.287 e. The first kappa shape index (κ1) is 12.9. The zero-order chi connectivity index (χ0) is 13.1. The van der Waals surface area contributed by atoms with Crippen molar-refractivity contribution < 1.29 is 9.00 Å². The minimum atomic E-state index is -1.06. The fourth-order valence-corrected chi connectivity index (χ4v) is 2.90. The number of carbonyl (C=O) groups is 1. The molecule has 6 heteroatoms. The van der Waals surface area contributed by atoms with Crippen molar-refractivity contribution in [2.45, 2.75) is 4.21 Å². The second kappa shape index (κ2) is 5.41. The summed E-state index contributed by atoms with van der Waals surface area (Å²) in [6, 6.07) is 9.00. The van der Waals surface area contributed by atoms with Crippen LogP contribution in [0, 0.1) is 0 Å². The van der Waals surface area contributed by atoms with E-state index in [0.29, 0.717) is 14.9 Å². The zero-order valence-corrected chi connectivity index (χ0v) is 11.6. The van der Waals surface area contributed by atoms with Gasteiger partial charge in [-0.15, -0.1) is 0 Å². The lowest BCUT2D eigenvalue weighted by Crippen LogP contribution is -2.25. The van der Waals surface area contributed by atoms with E-state index >= 15 is 0 Å². The van der Waals surface area contributed by atoms with Crippen LogP contribution < -0.4 is 4.90 Å². The summed E-state index contributed by atoms with van der Waals surface area (Å²) >= 11 is 1.27. The molecule has 0 radical (unpaired) electrons. The molecule has 1 atom stereocenters. The Morgan fingerprint density at radius 3 is 2.56 bits per heavy atom. The lowest BCUT2D eigenvalue weighted by atomic mass is 10.2. The van der Waals surface area contributed by atoms with Crippen LogP contribution in [0.5, 0.6) is 0 Å². The van der Waals surface area contributed by atoms with Crippen LogP contribution in [0.1, 0.15) is 10.4 Å². The molecule has 1 amide bonds. The van der Waals surface area contributed by atoms with Crippen LogP contribution in [0.4, 0.5) is 5.13 Å². The maximum atomic E-state index is 12.1. The third-order valence-electron chi connectivity index (χ3n) is 2.37. The molecule has 0 aliphatic carbocycles. The van der Waals surface area contributed by atoms with Gasteiger partial charge in [-0.3, -0.25) is 13.9 Å². The Labute approximate surface area is 112 Å². The monoisotopic (exact) mass is 280 g/mol. The molecule has 0 N–H and O–H groups in total. The summed E-state index contributed by atoms with van der Waals surface area (Å²) in [5, 5.41) is 0.550. The summed E-state index contributed by atoms with van der Waals surface area (Å²) in [4.78, 5) is 17.7. The highest BCUT2D eigenvalue weighted by molar-refractivity contribution is 7.86. The Morgan fingerprint density at radius 2 is 2.00 bits per heavy atom. The van der Waals surface area contributed by atoms with E-state index in [1.165, 1.54) is 16.2 Å². The molecule has 0 aliphatic heterocycles. The van der Waals surface area contributed by atoms with Gasteiger partial charge in [0.2, 0.25) is 0 Å². The van der Waals surface area contributed by atoms with E-state index in [2.05, 4.69) is 4.98 Å². The number of hydrogen-bond donors (Lipinski definition) is 0. The summed E-state index contributed by atoms with van der Waals surface area (Å²) < 4.78 is 12.0. The van der Waals surface area contributed by atoms with Gasteiger partial charge in [-0.25, -0.2) is 4.98 Å². The topological polar surface area (TPSA) is 50.3 Å². The van der Waals surface area contributed by atoms with Crippen LogP contribution in [0.15, 0.2) is 40.7 Å². The molecule has 1 aromatic heterocycles. The summed E-state index contributed by atoms with van der Waals surface area (Å²) in [7, 11) is 0.599. The number of nitrogens with zero attached hydrogens (tertiary/aromatic N) is 2. The summed E-state index contributed by atoms with van der Waals surface area (Å²) in [5.41, 5.74) is 0.606. The first-order valence-corrected chi connectivity index (χ1v) is 7.59. The molecule has 0 saturated carbocycles. The van der Waals surface area contributed by atoms with E-state index in [-0.39, 0.29) is 5.91 Å². The van der Waals surface area contributed by atoms with Crippen molar-refractivity contribution in [3.8, 4) is 0 Å². The lowest BCUT2D eigenvalue weighted by molar-refractivity contribution is 0.0993. The van der Waals surface area contributed by atoms with Crippen molar-refractivity contribution in [3.05, 3.63) is 42.1 Å². The fraction of sp³-hybridized carbons (Fsp3) is 0.167. The Bertz CT molecular complexity index is 581. The second-order valence-corrected chi connectivity index (χ2v) is 6.26. The number of benzene rings is 1. The third kappa shape index (κ3) is 2.65. The van der Waals surface area contributed by atoms with Crippen LogP contribution in [0.25, 0.3) is 0 Å². The van der Waals surface area contributed by atoms with Gasteiger partial charge < -0.3 is 0 Å².